The largest absolute Gasteiger partial charge is 0.508 e. The molecule has 0 saturated carbocycles. The Bertz CT molecular complexity index is 824. The van der Waals surface area contributed by atoms with Crippen molar-refractivity contribution < 1.29 is 14.7 Å². The minimum Gasteiger partial charge on any atom is -0.508 e. The van der Waals surface area contributed by atoms with Gasteiger partial charge in [-0.3, -0.25) is 9.59 Å². The molecule has 1 aromatic carbocycles. The van der Waals surface area contributed by atoms with Gasteiger partial charge < -0.3 is 5.11 Å². The Morgan fingerprint density at radius 2 is 2.12 bits per heavy atom. The number of ketones is 2. The van der Waals surface area contributed by atoms with E-state index in [4.69, 9.17) is 11.6 Å². The highest BCUT2D eigenvalue weighted by molar-refractivity contribution is 9.10. The van der Waals surface area contributed by atoms with Gasteiger partial charge in [-0.1, -0.05) is 46.3 Å². The van der Waals surface area contributed by atoms with Gasteiger partial charge in [0.1, 0.15) is 10.1 Å². The second-order valence-electron chi connectivity index (χ2n) is 6.16. The lowest BCUT2D eigenvalue weighted by Gasteiger charge is -2.45. The molecular formula is C19H16BrClO3. The van der Waals surface area contributed by atoms with E-state index in [1.54, 1.807) is 25.1 Å². The van der Waals surface area contributed by atoms with Crippen molar-refractivity contribution >= 4 is 39.1 Å². The number of phenols is 1. The molecule has 0 spiro atoms. The second kappa shape index (κ2) is 6.01. The summed E-state index contributed by atoms with van der Waals surface area (Å²) >= 11 is 9.71. The second-order valence-corrected chi connectivity index (χ2v) is 7.91. The van der Waals surface area contributed by atoms with Crippen LogP contribution in [-0.4, -0.2) is 21.0 Å². The zero-order valence-corrected chi connectivity index (χ0v) is 15.4. The van der Waals surface area contributed by atoms with Crippen LogP contribution in [0.3, 0.4) is 0 Å². The van der Waals surface area contributed by atoms with E-state index in [1.165, 1.54) is 12.1 Å². The molecule has 0 amide bonds. The molecule has 5 heteroatoms. The van der Waals surface area contributed by atoms with E-state index in [9.17, 15) is 14.7 Å². The average molecular weight is 408 g/mol. The molecule has 0 fully saturated rings. The molecule has 3 rings (SSSR count). The van der Waals surface area contributed by atoms with Crippen molar-refractivity contribution in [3.63, 3.8) is 0 Å². The minimum atomic E-state index is -1.15. The van der Waals surface area contributed by atoms with Crippen molar-refractivity contribution in [3.05, 3.63) is 64.7 Å². The van der Waals surface area contributed by atoms with Crippen LogP contribution in [0.25, 0.3) is 0 Å². The molecule has 1 N–H and O–H groups in total. The van der Waals surface area contributed by atoms with Crippen LogP contribution in [0.5, 0.6) is 5.75 Å². The van der Waals surface area contributed by atoms with Crippen LogP contribution in [0, 0.1) is 5.92 Å². The van der Waals surface area contributed by atoms with Crippen molar-refractivity contribution in [3.8, 4) is 5.75 Å². The Balaban J connectivity index is 2.29. The van der Waals surface area contributed by atoms with Gasteiger partial charge in [0.05, 0.1) is 0 Å². The van der Waals surface area contributed by atoms with E-state index in [0.717, 1.165) is 5.57 Å². The summed E-state index contributed by atoms with van der Waals surface area (Å²) in [5.41, 5.74) is 1.70. The van der Waals surface area contributed by atoms with Crippen LogP contribution in [0.2, 0.25) is 5.02 Å². The van der Waals surface area contributed by atoms with E-state index < -0.39 is 16.2 Å². The maximum absolute atomic E-state index is 13.0. The van der Waals surface area contributed by atoms with Crippen LogP contribution >= 0.6 is 27.5 Å². The maximum Gasteiger partial charge on any atom is 0.177 e. The first-order chi connectivity index (χ1) is 11.3. The lowest BCUT2D eigenvalue weighted by molar-refractivity contribution is -0.128. The van der Waals surface area contributed by atoms with Gasteiger partial charge in [0.25, 0.3) is 0 Å². The summed E-state index contributed by atoms with van der Waals surface area (Å²) in [6.45, 7) is 5.47. The van der Waals surface area contributed by atoms with E-state index in [2.05, 4.69) is 22.5 Å². The molecule has 0 radical (unpaired) electrons. The van der Waals surface area contributed by atoms with Crippen LogP contribution in [-0.2, 0) is 9.59 Å². The summed E-state index contributed by atoms with van der Waals surface area (Å²) in [7, 11) is 0. The maximum atomic E-state index is 13.0. The van der Waals surface area contributed by atoms with Crippen molar-refractivity contribution in [2.75, 3.05) is 0 Å². The molecule has 1 aromatic rings. The standard InChI is InChI=1S/C19H16BrClO3/c1-3-11-4-6-14-16(23)8-10(2)18(24)19(14,20)17(11)13-9-12(21)5-7-15(13)22/h3-5,7-9,14,17,22H,1,6H2,2H3/t14-,17+,19-/m0/s1. The van der Waals surface area contributed by atoms with E-state index in [0.29, 0.717) is 22.6 Å². The number of alkyl halides is 1. The fraction of sp³-hybridized carbons (Fsp3) is 0.263. The number of fused-ring (bicyclic) bond motifs is 1. The molecular weight excluding hydrogens is 392 g/mol. The zero-order chi connectivity index (χ0) is 17.6. The third-order valence-electron chi connectivity index (χ3n) is 4.79. The lowest BCUT2D eigenvalue weighted by atomic mass is 9.62. The van der Waals surface area contributed by atoms with Gasteiger partial charge in [0.15, 0.2) is 11.6 Å². The van der Waals surface area contributed by atoms with Crippen LogP contribution in [0.1, 0.15) is 24.8 Å². The van der Waals surface area contributed by atoms with E-state index >= 15 is 0 Å². The van der Waals surface area contributed by atoms with Crippen molar-refractivity contribution in [1.82, 2.24) is 0 Å². The Morgan fingerprint density at radius 3 is 2.79 bits per heavy atom. The summed E-state index contributed by atoms with van der Waals surface area (Å²) in [5, 5.41) is 10.8. The number of benzene rings is 1. The van der Waals surface area contributed by atoms with Gasteiger partial charge in [-0.15, -0.1) is 0 Å². The highest BCUT2D eigenvalue weighted by Crippen LogP contribution is 2.55. The number of carbonyl (C=O) groups excluding carboxylic acids is 2. The first kappa shape index (κ1) is 17.2. The average Bonchev–Trinajstić information content (AvgIpc) is 2.54. The number of rotatable bonds is 2. The SMILES string of the molecule is C=CC1=CC[C@H]2C(=O)C=C(C)C(=O)[C@@]2(Br)[C@H]1c1cc(Cl)ccc1O. The molecule has 24 heavy (non-hydrogen) atoms. The molecule has 2 aliphatic rings. The molecule has 0 heterocycles. The van der Waals surface area contributed by atoms with Gasteiger partial charge in [0, 0.05) is 22.4 Å². The van der Waals surface area contributed by atoms with Gasteiger partial charge in [-0.05, 0) is 48.8 Å². The molecule has 3 nitrogen and oxygen atoms in total. The molecule has 124 valence electrons. The van der Waals surface area contributed by atoms with Crippen molar-refractivity contribution in [2.24, 2.45) is 5.92 Å². The highest BCUT2D eigenvalue weighted by atomic mass is 79.9. The van der Waals surface area contributed by atoms with Crippen LogP contribution < -0.4 is 0 Å². The molecule has 0 bridgehead atoms. The number of hydrogen-bond acceptors (Lipinski definition) is 3. The number of allylic oxidation sites excluding steroid dienone is 5. The number of aromatic hydroxyl groups is 1. The van der Waals surface area contributed by atoms with Gasteiger partial charge in [-0.2, -0.15) is 0 Å². The van der Waals surface area contributed by atoms with Crippen LogP contribution in [0.4, 0.5) is 0 Å². The normalized spacial score (nSPS) is 29.6. The zero-order valence-electron chi connectivity index (χ0n) is 13.1. The number of phenolic OH excluding ortho intramolecular Hbond substituents is 1. The predicted octanol–water partition coefficient (Wildman–Crippen LogP) is 4.49. The Labute approximate surface area is 153 Å². The molecule has 0 unspecified atom stereocenters. The monoisotopic (exact) mass is 406 g/mol. The molecule has 2 aliphatic carbocycles. The smallest absolute Gasteiger partial charge is 0.177 e. The highest BCUT2D eigenvalue weighted by Gasteiger charge is 2.57. The van der Waals surface area contributed by atoms with Crippen molar-refractivity contribution in [1.29, 1.82) is 0 Å². The van der Waals surface area contributed by atoms with Gasteiger partial charge in [0.2, 0.25) is 0 Å². The molecule has 0 aliphatic heterocycles. The Kier molecular flexibility index (Phi) is 4.30. The summed E-state index contributed by atoms with van der Waals surface area (Å²) in [6, 6.07) is 4.71. The third-order valence-corrected chi connectivity index (χ3v) is 6.40. The topological polar surface area (TPSA) is 54.4 Å². The van der Waals surface area contributed by atoms with E-state index in [1.807, 2.05) is 6.08 Å². The number of hydrogen-bond donors (Lipinski definition) is 1. The molecule has 3 atom stereocenters. The molecule has 0 saturated heterocycles. The summed E-state index contributed by atoms with van der Waals surface area (Å²) < 4.78 is -1.15. The lowest BCUT2D eigenvalue weighted by Crippen LogP contribution is -2.53. The minimum absolute atomic E-state index is 0.0316. The fourth-order valence-corrected chi connectivity index (χ4v) is 5.06. The Hall–Kier alpha value is -1.65. The first-order valence-corrected chi connectivity index (χ1v) is 8.74. The fourth-order valence-electron chi connectivity index (χ4n) is 3.64. The van der Waals surface area contributed by atoms with Gasteiger partial charge >= 0.3 is 0 Å². The van der Waals surface area contributed by atoms with E-state index in [-0.39, 0.29) is 17.3 Å². The first-order valence-electron chi connectivity index (χ1n) is 7.57. The third kappa shape index (κ3) is 2.40. The van der Waals surface area contributed by atoms with Crippen molar-refractivity contribution in [2.45, 2.75) is 23.6 Å². The summed E-state index contributed by atoms with van der Waals surface area (Å²) in [4.78, 5) is 25.5. The summed E-state index contributed by atoms with van der Waals surface area (Å²) in [5.74, 6) is -1.28. The number of halogens is 2. The molecule has 0 aromatic heterocycles. The predicted molar refractivity (Wildman–Crippen MR) is 97.7 cm³/mol. The van der Waals surface area contributed by atoms with Gasteiger partial charge in [-0.25, -0.2) is 0 Å². The number of carbonyl (C=O) groups is 2. The number of Topliss-reactive ketones (excluding diaryl/α,β-unsaturated/α-hetero) is 1. The summed E-state index contributed by atoms with van der Waals surface area (Å²) in [6.07, 6.45) is 5.42. The Morgan fingerprint density at radius 1 is 1.42 bits per heavy atom. The quantitative estimate of drug-likeness (QED) is 0.735. The van der Waals surface area contributed by atoms with Crippen LogP contribution in [0.15, 0.2) is 54.2 Å².